The summed E-state index contributed by atoms with van der Waals surface area (Å²) < 4.78 is 10.3. The summed E-state index contributed by atoms with van der Waals surface area (Å²) in [4.78, 5) is 4.56. The molecule has 0 aliphatic carbocycles. The highest BCUT2D eigenvalue weighted by Gasteiger charge is 1.96. The van der Waals surface area contributed by atoms with Crippen LogP contribution in [0.3, 0.4) is 0 Å². The molecule has 0 fully saturated rings. The molecule has 0 amide bonds. The molecule has 0 atom stereocenters. The molecule has 0 aliphatic rings. The highest BCUT2D eigenvalue weighted by molar-refractivity contribution is 5.79. The molecule has 5 nitrogen and oxygen atoms in total. The van der Waals surface area contributed by atoms with Crippen molar-refractivity contribution in [1.29, 1.82) is 0 Å². The minimum Gasteiger partial charge on any atom is -0.382 e. The summed E-state index contributed by atoms with van der Waals surface area (Å²) in [5.41, 5.74) is 0. The fourth-order valence-corrected chi connectivity index (χ4v) is 1.67. The Morgan fingerprint density at radius 2 is 1.80 bits per heavy atom. The molecular weight excluding hydrogens is 254 g/mol. The molecule has 120 valence electrons. The lowest BCUT2D eigenvalue weighted by Gasteiger charge is -2.11. The highest BCUT2D eigenvalue weighted by atomic mass is 16.5. The number of hydrogen-bond donors (Lipinski definition) is 2. The van der Waals surface area contributed by atoms with Gasteiger partial charge in [-0.05, 0) is 26.2 Å². The van der Waals surface area contributed by atoms with Gasteiger partial charge in [0.05, 0.1) is 13.2 Å². The third-order valence-corrected chi connectivity index (χ3v) is 2.82. The third kappa shape index (κ3) is 13.6. The van der Waals surface area contributed by atoms with Crippen molar-refractivity contribution in [3.8, 4) is 0 Å². The summed E-state index contributed by atoms with van der Waals surface area (Å²) in [6.45, 7) is 9.21. The van der Waals surface area contributed by atoms with Crippen molar-refractivity contribution >= 4 is 5.96 Å². The van der Waals surface area contributed by atoms with Crippen LogP contribution >= 0.6 is 0 Å². The maximum Gasteiger partial charge on any atom is 0.191 e. The standard InChI is InChI=1S/C15H33N3O2/c1-4-6-7-10-17-15(16-5-2)18-11-8-9-12-20-14-13-19-3/h4-14H2,1-3H3,(H2,16,17,18). The van der Waals surface area contributed by atoms with E-state index in [1.807, 2.05) is 0 Å². The summed E-state index contributed by atoms with van der Waals surface area (Å²) >= 11 is 0. The zero-order valence-corrected chi connectivity index (χ0v) is 13.5. The zero-order chi connectivity index (χ0) is 14.9. The lowest BCUT2D eigenvalue weighted by Crippen LogP contribution is -2.37. The molecule has 0 rings (SSSR count). The van der Waals surface area contributed by atoms with Gasteiger partial charge in [-0.2, -0.15) is 0 Å². The van der Waals surface area contributed by atoms with Crippen LogP contribution in [-0.2, 0) is 9.47 Å². The van der Waals surface area contributed by atoms with Crippen molar-refractivity contribution in [2.75, 3.05) is 46.6 Å². The predicted molar refractivity (Wildman–Crippen MR) is 85.4 cm³/mol. The van der Waals surface area contributed by atoms with Gasteiger partial charge < -0.3 is 20.1 Å². The summed E-state index contributed by atoms with van der Waals surface area (Å²) in [5, 5.41) is 6.63. The first-order valence-electron chi connectivity index (χ1n) is 7.94. The van der Waals surface area contributed by atoms with Crippen molar-refractivity contribution in [2.24, 2.45) is 4.99 Å². The van der Waals surface area contributed by atoms with E-state index in [1.54, 1.807) is 7.11 Å². The molecule has 0 unspecified atom stereocenters. The van der Waals surface area contributed by atoms with Gasteiger partial charge in [0.25, 0.3) is 0 Å². The Bertz CT molecular complexity index is 223. The van der Waals surface area contributed by atoms with Crippen molar-refractivity contribution in [1.82, 2.24) is 10.6 Å². The van der Waals surface area contributed by atoms with E-state index in [0.29, 0.717) is 13.2 Å². The molecule has 0 aliphatic heterocycles. The van der Waals surface area contributed by atoms with Crippen molar-refractivity contribution in [3.63, 3.8) is 0 Å². The normalized spacial score (nSPS) is 11.7. The Morgan fingerprint density at radius 1 is 0.950 bits per heavy atom. The van der Waals surface area contributed by atoms with Gasteiger partial charge in [-0.3, -0.25) is 4.99 Å². The SMILES string of the molecule is CCCCCN=C(NCC)NCCCCOCCOC. The second kappa shape index (κ2) is 16.2. The summed E-state index contributed by atoms with van der Waals surface area (Å²) in [7, 11) is 1.69. The average molecular weight is 287 g/mol. The number of guanidine groups is 1. The fourth-order valence-electron chi connectivity index (χ4n) is 1.67. The van der Waals surface area contributed by atoms with Crippen LogP contribution in [0, 0.1) is 0 Å². The molecule has 0 aromatic carbocycles. The van der Waals surface area contributed by atoms with Crippen LogP contribution in [0.25, 0.3) is 0 Å². The number of methoxy groups -OCH3 is 1. The monoisotopic (exact) mass is 287 g/mol. The second-order valence-corrected chi connectivity index (χ2v) is 4.71. The molecule has 20 heavy (non-hydrogen) atoms. The largest absolute Gasteiger partial charge is 0.382 e. The lowest BCUT2D eigenvalue weighted by molar-refractivity contribution is 0.0689. The van der Waals surface area contributed by atoms with Gasteiger partial charge >= 0.3 is 0 Å². The smallest absolute Gasteiger partial charge is 0.191 e. The molecule has 0 saturated carbocycles. The van der Waals surface area contributed by atoms with Crippen LogP contribution < -0.4 is 10.6 Å². The first kappa shape index (κ1) is 19.2. The number of rotatable bonds is 13. The Morgan fingerprint density at radius 3 is 2.50 bits per heavy atom. The zero-order valence-electron chi connectivity index (χ0n) is 13.5. The maximum absolute atomic E-state index is 5.42. The predicted octanol–water partition coefficient (Wildman–Crippen LogP) is 2.17. The van der Waals surface area contributed by atoms with Gasteiger partial charge in [-0.15, -0.1) is 0 Å². The average Bonchev–Trinajstić information content (AvgIpc) is 2.46. The maximum atomic E-state index is 5.42. The van der Waals surface area contributed by atoms with Crippen LogP contribution in [0.15, 0.2) is 4.99 Å². The fraction of sp³-hybridized carbons (Fsp3) is 0.933. The number of unbranched alkanes of at least 4 members (excludes halogenated alkanes) is 3. The van der Waals surface area contributed by atoms with E-state index < -0.39 is 0 Å². The van der Waals surface area contributed by atoms with Gasteiger partial charge in [0.1, 0.15) is 0 Å². The molecule has 0 aromatic heterocycles. The molecule has 0 spiro atoms. The van der Waals surface area contributed by atoms with Crippen molar-refractivity contribution in [2.45, 2.75) is 46.0 Å². The highest BCUT2D eigenvalue weighted by Crippen LogP contribution is 1.94. The molecule has 0 heterocycles. The molecule has 5 heteroatoms. The number of nitrogens with zero attached hydrogens (tertiary/aromatic N) is 1. The minimum absolute atomic E-state index is 0.674. The van der Waals surface area contributed by atoms with Crippen LogP contribution in [0.1, 0.15) is 46.0 Å². The summed E-state index contributed by atoms with van der Waals surface area (Å²) in [6.07, 6.45) is 5.81. The quantitative estimate of drug-likeness (QED) is 0.310. The Kier molecular flexibility index (Phi) is 15.6. The Labute approximate surface area is 124 Å². The molecular formula is C15H33N3O2. The number of hydrogen-bond acceptors (Lipinski definition) is 3. The van der Waals surface area contributed by atoms with Gasteiger partial charge in [0.15, 0.2) is 5.96 Å². The van der Waals surface area contributed by atoms with Gasteiger partial charge in [0, 0.05) is 33.4 Å². The van der Waals surface area contributed by atoms with Crippen molar-refractivity contribution in [3.05, 3.63) is 0 Å². The van der Waals surface area contributed by atoms with Crippen LogP contribution in [0.5, 0.6) is 0 Å². The van der Waals surface area contributed by atoms with E-state index in [9.17, 15) is 0 Å². The molecule has 0 saturated heterocycles. The van der Waals surface area contributed by atoms with E-state index in [1.165, 1.54) is 19.3 Å². The molecule has 0 radical (unpaired) electrons. The molecule has 0 aromatic rings. The number of ether oxygens (including phenoxy) is 2. The van der Waals surface area contributed by atoms with Gasteiger partial charge in [-0.1, -0.05) is 19.8 Å². The van der Waals surface area contributed by atoms with E-state index in [2.05, 4.69) is 29.5 Å². The Balaban J connectivity index is 3.54. The van der Waals surface area contributed by atoms with Gasteiger partial charge in [0.2, 0.25) is 0 Å². The van der Waals surface area contributed by atoms with E-state index in [0.717, 1.165) is 45.0 Å². The first-order valence-corrected chi connectivity index (χ1v) is 7.94. The lowest BCUT2D eigenvalue weighted by atomic mass is 10.2. The topological polar surface area (TPSA) is 54.9 Å². The Hall–Kier alpha value is -0.810. The number of aliphatic imine (C=N–C) groups is 1. The van der Waals surface area contributed by atoms with Gasteiger partial charge in [-0.25, -0.2) is 0 Å². The summed E-state index contributed by atoms with van der Waals surface area (Å²) in [5.74, 6) is 0.934. The van der Waals surface area contributed by atoms with E-state index >= 15 is 0 Å². The number of nitrogens with one attached hydrogen (secondary N) is 2. The molecule has 2 N–H and O–H groups in total. The molecule has 0 bridgehead atoms. The van der Waals surface area contributed by atoms with E-state index in [4.69, 9.17) is 9.47 Å². The van der Waals surface area contributed by atoms with E-state index in [-0.39, 0.29) is 0 Å². The summed E-state index contributed by atoms with van der Waals surface area (Å²) in [6, 6.07) is 0. The van der Waals surface area contributed by atoms with Crippen LogP contribution in [0.2, 0.25) is 0 Å². The van der Waals surface area contributed by atoms with Crippen LogP contribution in [-0.4, -0.2) is 52.5 Å². The van der Waals surface area contributed by atoms with Crippen LogP contribution in [0.4, 0.5) is 0 Å². The first-order chi connectivity index (χ1) is 9.85. The third-order valence-electron chi connectivity index (χ3n) is 2.82. The second-order valence-electron chi connectivity index (χ2n) is 4.71. The minimum atomic E-state index is 0.674. The van der Waals surface area contributed by atoms with Crippen molar-refractivity contribution < 1.29 is 9.47 Å².